The van der Waals surface area contributed by atoms with Crippen molar-refractivity contribution in [1.82, 2.24) is 14.1 Å². The lowest BCUT2D eigenvalue weighted by Crippen LogP contribution is -2.52. The molecule has 0 bridgehead atoms. The Bertz CT molecular complexity index is 772. The summed E-state index contributed by atoms with van der Waals surface area (Å²) in [6.45, 7) is 1.87. The van der Waals surface area contributed by atoms with E-state index in [2.05, 4.69) is 0 Å². The van der Waals surface area contributed by atoms with Gasteiger partial charge in [0.2, 0.25) is 11.8 Å². The average molecular weight is 420 g/mol. The number of thiophene rings is 1. The standard InChI is InChI=1S/C16H22ClN3O4S2/c17-13-5-6-16(25-13)26(23,24)20-10-8-18(9-11-20)15(22)12-19-7-3-1-2-4-14(19)21/h5-6H,1-4,7-12H2. The minimum absolute atomic E-state index is 0.0339. The molecule has 0 radical (unpaired) electrons. The van der Waals surface area contributed by atoms with E-state index in [1.54, 1.807) is 15.9 Å². The maximum atomic E-state index is 12.6. The molecule has 2 aliphatic rings. The average Bonchev–Trinajstić information content (AvgIpc) is 2.97. The molecule has 26 heavy (non-hydrogen) atoms. The predicted octanol–water partition coefficient (Wildman–Crippen LogP) is 1.64. The molecule has 2 saturated heterocycles. The van der Waals surface area contributed by atoms with E-state index in [1.165, 1.54) is 10.4 Å². The molecular formula is C16H22ClN3O4S2. The summed E-state index contributed by atoms with van der Waals surface area (Å²) in [6, 6.07) is 3.07. The molecule has 0 atom stereocenters. The second kappa shape index (κ2) is 8.24. The lowest BCUT2D eigenvalue weighted by atomic mass is 10.2. The molecule has 144 valence electrons. The van der Waals surface area contributed by atoms with Gasteiger partial charge in [0.1, 0.15) is 4.21 Å². The van der Waals surface area contributed by atoms with Gasteiger partial charge >= 0.3 is 0 Å². The topological polar surface area (TPSA) is 78.0 Å². The second-order valence-corrected chi connectivity index (χ2v) is 10.3. The zero-order chi connectivity index (χ0) is 18.7. The van der Waals surface area contributed by atoms with Crippen molar-refractivity contribution in [3.63, 3.8) is 0 Å². The Kier molecular flexibility index (Phi) is 6.21. The van der Waals surface area contributed by atoms with E-state index in [0.29, 0.717) is 30.4 Å². The number of sulfonamides is 1. The van der Waals surface area contributed by atoms with E-state index in [0.717, 1.165) is 30.6 Å². The summed E-state index contributed by atoms with van der Waals surface area (Å²) in [5.74, 6) is -0.0805. The van der Waals surface area contributed by atoms with Gasteiger partial charge in [0.05, 0.1) is 10.9 Å². The number of carbonyl (C=O) groups excluding carboxylic acids is 2. The van der Waals surface area contributed by atoms with Gasteiger partial charge in [-0.25, -0.2) is 8.42 Å². The number of hydrogen-bond donors (Lipinski definition) is 0. The minimum Gasteiger partial charge on any atom is -0.339 e. The van der Waals surface area contributed by atoms with Crippen LogP contribution < -0.4 is 0 Å². The predicted molar refractivity (Wildman–Crippen MR) is 99.7 cm³/mol. The third-order valence-electron chi connectivity index (χ3n) is 4.73. The largest absolute Gasteiger partial charge is 0.339 e. The molecule has 1 aromatic rings. The van der Waals surface area contributed by atoms with Gasteiger partial charge in [-0.15, -0.1) is 11.3 Å². The molecule has 2 amide bonds. The highest BCUT2D eigenvalue weighted by atomic mass is 35.5. The zero-order valence-electron chi connectivity index (χ0n) is 14.4. The van der Waals surface area contributed by atoms with Crippen molar-refractivity contribution in [3.05, 3.63) is 16.5 Å². The molecule has 2 aliphatic heterocycles. The quantitative estimate of drug-likeness (QED) is 0.743. The Morgan fingerprint density at radius 2 is 1.81 bits per heavy atom. The minimum atomic E-state index is -3.57. The number of amides is 2. The van der Waals surface area contributed by atoms with Crippen LogP contribution in [0, 0.1) is 0 Å². The van der Waals surface area contributed by atoms with Crippen molar-refractivity contribution < 1.29 is 18.0 Å². The monoisotopic (exact) mass is 419 g/mol. The third kappa shape index (κ3) is 4.39. The number of likely N-dealkylation sites (tertiary alicyclic amines) is 1. The van der Waals surface area contributed by atoms with Crippen LogP contribution in [-0.2, 0) is 19.6 Å². The van der Waals surface area contributed by atoms with E-state index in [-0.39, 0.29) is 35.7 Å². The van der Waals surface area contributed by atoms with Crippen LogP contribution in [0.5, 0.6) is 0 Å². The first-order valence-electron chi connectivity index (χ1n) is 8.69. The summed E-state index contributed by atoms with van der Waals surface area (Å²) in [7, 11) is -3.57. The molecular weight excluding hydrogens is 398 g/mol. The number of carbonyl (C=O) groups is 2. The molecule has 3 heterocycles. The summed E-state index contributed by atoms with van der Waals surface area (Å²) >= 11 is 6.87. The maximum absolute atomic E-state index is 12.6. The third-order valence-corrected chi connectivity index (χ3v) is 8.33. The Balaban J connectivity index is 1.56. The van der Waals surface area contributed by atoms with Crippen LogP contribution in [0.4, 0.5) is 0 Å². The van der Waals surface area contributed by atoms with Gasteiger partial charge in [0.15, 0.2) is 0 Å². The zero-order valence-corrected chi connectivity index (χ0v) is 16.8. The molecule has 2 fully saturated rings. The fourth-order valence-electron chi connectivity index (χ4n) is 3.21. The van der Waals surface area contributed by atoms with Crippen LogP contribution in [-0.4, -0.2) is 73.6 Å². The SMILES string of the molecule is O=C(CN1CCCCCC1=O)N1CCN(S(=O)(=O)c2ccc(Cl)s2)CC1. The Morgan fingerprint density at radius 3 is 2.46 bits per heavy atom. The first-order chi connectivity index (χ1) is 12.4. The highest BCUT2D eigenvalue weighted by Gasteiger charge is 2.32. The van der Waals surface area contributed by atoms with Crippen LogP contribution in [0.1, 0.15) is 25.7 Å². The molecule has 0 spiro atoms. The van der Waals surface area contributed by atoms with Crippen LogP contribution in [0.3, 0.4) is 0 Å². The van der Waals surface area contributed by atoms with Gasteiger partial charge in [-0.05, 0) is 25.0 Å². The lowest BCUT2D eigenvalue weighted by Gasteiger charge is -2.34. The van der Waals surface area contributed by atoms with Crippen molar-refractivity contribution >= 4 is 44.8 Å². The summed E-state index contributed by atoms with van der Waals surface area (Å²) in [6.07, 6.45) is 3.32. The molecule has 0 unspecified atom stereocenters. The molecule has 0 saturated carbocycles. The molecule has 7 nitrogen and oxygen atoms in total. The second-order valence-electron chi connectivity index (χ2n) is 6.47. The fraction of sp³-hybridized carbons (Fsp3) is 0.625. The summed E-state index contributed by atoms with van der Waals surface area (Å²) in [5, 5.41) is 0. The molecule has 0 aromatic carbocycles. The fourth-order valence-corrected chi connectivity index (χ4v) is 6.27. The van der Waals surface area contributed by atoms with E-state index in [9.17, 15) is 18.0 Å². The summed E-state index contributed by atoms with van der Waals surface area (Å²) in [5.41, 5.74) is 0. The first-order valence-corrected chi connectivity index (χ1v) is 11.3. The van der Waals surface area contributed by atoms with Crippen LogP contribution in [0.25, 0.3) is 0 Å². The van der Waals surface area contributed by atoms with Crippen molar-refractivity contribution in [2.45, 2.75) is 29.9 Å². The molecule has 0 N–H and O–H groups in total. The molecule has 1 aromatic heterocycles. The van der Waals surface area contributed by atoms with Gasteiger partial charge in [-0.2, -0.15) is 4.31 Å². The summed E-state index contributed by atoms with van der Waals surface area (Å²) in [4.78, 5) is 27.8. The van der Waals surface area contributed by atoms with Crippen molar-refractivity contribution in [3.8, 4) is 0 Å². The smallest absolute Gasteiger partial charge is 0.252 e. The Morgan fingerprint density at radius 1 is 1.08 bits per heavy atom. The van der Waals surface area contributed by atoms with Gasteiger partial charge in [0.25, 0.3) is 10.0 Å². The highest BCUT2D eigenvalue weighted by molar-refractivity contribution is 7.91. The molecule has 10 heteroatoms. The van der Waals surface area contributed by atoms with Gasteiger partial charge in [0, 0.05) is 39.1 Å². The number of hydrogen-bond acceptors (Lipinski definition) is 5. The maximum Gasteiger partial charge on any atom is 0.252 e. The lowest BCUT2D eigenvalue weighted by molar-refractivity contribution is -0.140. The van der Waals surface area contributed by atoms with Crippen molar-refractivity contribution in [2.75, 3.05) is 39.3 Å². The number of rotatable bonds is 4. The number of piperazine rings is 1. The molecule has 3 rings (SSSR count). The highest BCUT2D eigenvalue weighted by Crippen LogP contribution is 2.28. The van der Waals surface area contributed by atoms with Gasteiger partial charge < -0.3 is 9.80 Å². The Hall–Kier alpha value is -1.16. The normalized spacial score (nSPS) is 20.3. The summed E-state index contributed by atoms with van der Waals surface area (Å²) < 4.78 is 27.2. The van der Waals surface area contributed by atoms with Crippen LogP contribution in [0.2, 0.25) is 4.34 Å². The van der Waals surface area contributed by atoms with Crippen molar-refractivity contribution in [1.29, 1.82) is 0 Å². The van der Waals surface area contributed by atoms with Crippen LogP contribution >= 0.6 is 22.9 Å². The number of halogens is 1. The van der Waals surface area contributed by atoms with Gasteiger partial charge in [-0.3, -0.25) is 9.59 Å². The van der Waals surface area contributed by atoms with E-state index in [4.69, 9.17) is 11.6 Å². The van der Waals surface area contributed by atoms with E-state index in [1.807, 2.05) is 0 Å². The Labute approximate surface area is 162 Å². The number of nitrogens with zero attached hydrogens (tertiary/aromatic N) is 3. The molecule has 0 aliphatic carbocycles. The van der Waals surface area contributed by atoms with Crippen LogP contribution in [0.15, 0.2) is 16.3 Å². The van der Waals surface area contributed by atoms with Crippen molar-refractivity contribution in [2.24, 2.45) is 0 Å². The first kappa shape index (κ1) is 19.6. The van der Waals surface area contributed by atoms with Gasteiger partial charge in [-0.1, -0.05) is 18.0 Å². The van der Waals surface area contributed by atoms with E-state index < -0.39 is 10.0 Å². The van der Waals surface area contributed by atoms with E-state index >= 15 is 0 Å².